The number of aliphatic hydroxyl groups excluding tert-OH is 2. The van der Waals surface area contributed by atoms with Crippen molar-refractivity contribution in [2.45, 2.75) is 19.4 Å². The van der Waals surface area contributed by atoms with Crippen molar-refractivity contribution >= 4 is 17.0 Å². The Morgan fingerprint density at radius 2 is 1.95 bits per heavy atom. The molecule has 0 saturated heterocycles. The van der Waals surface area contributed by atoms with E-state index in [-0.39, 0.29) is 25.0 Å². The minimum atomic E-state index is 0.111. The molecule has 1 aliphatic rings. The summed E-state index contributed by atoms with van der Waals surface area (Å²) in [5, 5.41) is 18.9. The normalized spacial score (nSPS) is 26.4. The number of nitrogens with two attached hydrogens (primary N) is 1. The second-order valence-electron chi connectivity index (χ2n) is 5.45. The number of hydrogen-bond donors (Lipinski definition) is 3. The van der Waals surface area contributed by atoms with Crippen molar-refractivity contribution in [3.8, 4) is 0 Å². The van der Waals surface area contributed by atoms with E-state index in [9.17, 15) is 10.2 Å². The van der Waals surface area contributed by atoms with Crippen molar-refractivity contribution in [1.82, 2.24) is 19.5 Å². The van der Waals surface area contributed by atoms with E-state index >= 15 is 0 Å². The highest BCUT2D eigenvalue weighted by molar-refractivity contribution is 5.81. The predicted octanol–water partition coefficient (Wildman–Crippen LogP) is 0.0355. The van der Waals surface area contributed by atoms with Crippen LogP contribution in [0.4, 0.5) is 5.82 Å². The number of aromatic nitrogens is 4. The number of hydrogen-bond acceptors (Lipinski definition) is 6. The SMILES string of the molecule is Nc1ncnc2c1ncn2C[C@@H]1CC[C@H](CO)[C@H]1CO. The summed E-state index contributed by atoms with van der Waals surface area (Å²) in [5.41, 5.74) is 7.11. The lowest BCUT2D eigenvalue weighted by molar-refractivity contribution is 0.113. The zero-order chi connectivity index (χ0) is 14.1. The van der Waals surface area contributed by atoms with Crippen molar-refractivity contribution < 1.29 is 10.2 Å². The molecule has 0 aliphatic heterocycles. The van der Waals surface area contributed by atoms with Crippen LogP contribution in [0.5, 0.6) is 0 Å². The molecule has 0 spiro atoms. The zero-order valence-corrected chi connectivity index (χ0v) is 11.2. The minimum absolute atomic E-state index is 0.111. The Morgan fingerprint density at radius 1 is 1.15 bits per heavy atom. The van der Waals surface area contributed by atoms with Crippen molar-refractivity contribution in [3.05, 3.63) is 12.7 Å². The number of aliphatic hydroxyl groups is 2. The van der Waals surface area contributed by atoms with Crippen LogP contribution in [-0.2, 0) is 6.54 Å². The van der Waals surface area contributed by atoms with E-state index in [0.717, 1.165) is 25.0 Å². The third-order valence-electron chi connectivity index (χ3n) is 4.43. The maximum Gasteiger partial charge on any atom is 0.165 e. The molecule has 2 heterocycles. The molecule has 2 aromatic rings. The number of fused-ring (bicyclic) bond motifs is 1. The number of rotatable bonds is 4. The molecule has 7 heteroatoms. The van der Waals surface area contributed by atoms with Gasteiger partial charge >= 0.3 is 0 Å². The van der Waals surface area contributed by atoms with Crippen LogP contribution >= 0.6 is 0 Å². The maximum atomic E-state index is 9.54. The molecule has 0 amide bonds. The van der Waals surface area contributed by atoms with E-state index in [0.29, 0.717) is 17.3 Å². The van der Waals surface area contributed by atoms with Crippen LogP contribution in [0.3, 0.4) is 0 Å². The predicted molar refractivity (Wildman–Crippen MR) is 73.6 cm³/mol. The Morgan fingerprint density at radius 3 is 2.70 bits per heavy atom. The molecule has 2 aromatic heterocycles. The van der Waals surface area contributed by atoms with Gasteiger partial charge in [0, 0.05) is 19.8 Å². The van der Waals surface area contributed by atoms with Crippen LogP contribution in [0.2, 0.25) is 0 Å². The fourth-order valence-corrected chi connectivity index (χ4v) is 3.28. The first-order valence-corrected chi connectivity index (χ1v) is 6.87. The third kappa shape index (κ3) is 2.12. The fraction of sp³-hybridized carbons (Fsp3) is 0.615. The van der Waals surface area contributed by atoms with Gasteiger partial charge in [0.1, 0.15) is 11.8 Å². The van der Waals surface area contributed by atoms with Gasteiger partial charge in [-0.25, -0.2) is 15.0 Å². The highest BCUT2D eigenvalue weighted by Crippen LogP contribution is 2.37. The second kappa shape index (κ2) is 5.34. The van der Waals surface area contributed by atoms with Gasteiger partial charge in [0.05, 0.1) is 6.33 Å². The van der Waals surface area contributed by atoms with E-state index < -0.39 is 0 Å². The van der Waals surface area contributed by atoms with E-state index in [1.54, 1.807) is 6.33 Å². The molecule has 108 valence electrons. The number of anilines is 1. The van der Waals surface area contributed by atoms with Crippen molar-refractivity contribution in [2.75, 3.05) is 18.9 Å². The Labute approximate surface area is 116 Å². The van der Waals surface area contributed by atoms with E-state index in [2.05, 4.69) is 15.0 Å². The summed E-state index contributed by atoms with van der Waals surface area (Å²) in [7, 11) is 0. The van der Waals surface area contributed by atoms with Crippen LogP contribution in [0.1, 0.15) is 12.8 Å². The Kier molecular flexibility index (Phi) is 3.54. The summed E-state index contributed by atoms with van der Waals surface area (Å²) in [5.74, 6) is 1.04. The largest absolute Gasteiger partial charge is 0.396 e. The smallest absolute Gasteiger partial charge is 0.165 e. The molecule has 7 nitrogen and oxygen atoms in total. The van der Waals surface area contributed by atoms with Crippen LogP contribution in [0.15, 0.2) is 12.7 Å². The van der Waals surface area contributed by atoms with Crippen molar-refractivity contribution in [1.29, 1.82) is 0 Å². The van der Waals surface area contributed by atoms with Gasteiger partial charge in [-0.1, -0.05) is 0 Å². The summed E-state index contributed by atoms with van der Waals surface area (Å²) in [6.45, 7) is 0.982. The van der Waals surface area contributed by atoms with Crippen LogP contribution in [0.25, 0.3) is 11.2 Å². The van der Waals surface area contributed by atoms with Gasteiger partial charge in [-0.15, -0.1) is 0 Å². The standard InChI is InChI=1S/C13H19N5O2/c14-12-11-13(16-6-15-12)18(7-17-11)3-8-1-2-9(4-19)10(8)5-20/h6-10,19-20H,1-5H2,(H2,14,15,16)/t8-,9+,10-/m0/s1. The summed E-state index contributed by atoms with van der Waals surface area (Å²) in [6.07, 6.45) is 5.10. The third-order valence-corrected chi connectivity index (χ3v) is 4.43. The first-order valence-electron chi connectivity index (χ1n) is 6.87. The molecular formula is C13H19N5O2. The quantitative estimate of drug-likeness (QED) is 0.727. The lowest BCUT2D eigenvalue weighted by atomic mass is 9.90. The van der Waals surface area contributed by atoms with E-state index in [1.807, 2.05) is 4.57 Å². The topological polar surface area (TPSA) is 110 Å². The lowest BCUT2D eigenvalue weighted by Gasteiger charge is -2.22. The van der Waals surface area contributed by atoms with Gasteiger partial charge in [-0.05, 0) is 30.6 Å². The minimum Gasteiger partial charge on any atom is -0.396 e. The van der Waals surface area contributed by atoms with Crippen LogP contribution in [0, 0.1) is 17.8 Å². The first kappa shape index (κ1) is 13.3. The van der Waals surface area contributed by atoms with Crippen LogP contribution in [-0.4, -0.2) is 42.9 Å². The van der Waals surface area contributed by atoms with Gasteiger partial charge in [-0.2, -0.15) is 0 Å². The molecule has 0 aromatic carbocycles. The molecule has 0 radical (unpaired) electrons. The number of imidazole rings is 1. The number of nitrogens with zero attached hydrogens (tertiary/aromatic N) is 4. The van der Waals surface area contributed by atoms with Crippen LogP contribution < -0.4 is 5.73 Å². The fourth-order valence-electron chi connectivity index (χ4n) is 3.28. The molecular weight excluding hydrogens is 258 g/mol. The van der Waals surface area contributed by atoms with Crippen molar-refractivity contribution in [2.24, 2.45) is 17.8 Å². The van der Waals surface area contributed by atoms with Gasteiger partial charge < -0.3 is 20.5 Å². The molecule has 20 heavy (non-hydrogen) atoms. The lowest BCUT2D eigenvalue weighted by Crippen LogP contribution is -2.24. The first-order chi connectivity index (χ1) is 9.74. The zero-order valence-electron chi connectivity index (χ0n) is 11.2. The Balaban J connectivity index is 1.85. The molecule has 1 aliphatic carbocycles. The van der Waals surface area contributed by atoms with Gasteiger partial charge in [0.15, 0.2) is 11.5 Å². The van der Waals surface area contributed by atoms with Gasteiger partial charge in [0.25, 0.3) is 0 Å². The molecule has 1 fully saturated rings. The summed E-state index contributed by atoms with van der Waals surface area (Å²) in [4.78, 5) is 12.4. The average molecular weight is 277 g/mol. The maximum absolute atomic E-state index is 9.54. The molecule has 3 atom stereocenters. The van der Waals surface area contributed by atoms with E-state index in [1.165, 1.54) is 6.33 Å². The Bertz CT molecular complexity index is 599. The molecule has 0 bridgehead atoms. The average Bonchev–Trinajstić information content (AvgIpc) is 3.04. The van der Waals surface area contributed by atoms with E-state index in [4.69, 9.17) is 5.73 Å². The molecule has 4 N–H and O–H groups in total. The van der Waals surface area contributed by atoms with Crippen molar-refractivity contribution in [3.63, 3.8) is 0 Å². The number of nitrogen functional groups attached to an aromatic ring is 1. The summed E-state index contributed by atoms with van der Waals surface area (Å²) >= 11 is 0. The highest BCUT2D eigenvalue weighted by Gasteiger charge is 2.35. The summed E-state index contributed by atoms with van der Waals surface area (Å²) in [6, 6.07) is 0. The monoisotopic (exact) mass is 277 g/mol. The molecule has 3 rings (SSSR count). The highest BCUT2D eigenvalue weighted by atomic mass is 16.3. The molecule has 1 saturated carbocycles. The van der Waals surface area contributed by atoms with Gasteiger partial charge in [-0.3, -0.25) is 0 Å². The second-order valence-corrected chi connectivity index (χ2v) is 5.45. The Hall–Kier alpha value is -1.73. The molecule has 0 unspecified atom stereocenters. The summed E-state index contributed by atoms with van der Waals surface area (Å²) < 4.78 is 1.96. The van der Waals surface area contributed by atoms with Gasteiger partial charge in [0.2, 0.25) is 0 Å².